The minimum Gasteiger partial charge on any atom is -0.490 e. The summed E-state index contributed by atoms with van der Waals surface area (Å²) in [7, 11) is 0. The van der Waals surface area contributed by atoms with Crippen LogP contribution in [0.1, 0.15) is 41.6 Å². The number of halogens is 1. The molecule has 2 heterocycles. The smallest absolute Gasteiger partial charge is 0.255 e. The van der Waals surface area contributed by atoms with Crippen molar-refractivity contribution < 1.29 is 23.8 Å². The number of carbonyl (C=O) groups excluding carboxylic acids is 1. The lowest BCUT2D eigenvalue weighted by molar-refractivity contribution is 0.0670. The number of piperidine rings is 1. The van der Waals surface area contributed by atoms with Gasteiger partial charge in [-0.3, -0.25) is 4.79 Å². The number of anilines is 1. The van der Waals surface area contributed by atoms with Crippen molar-refractivity contribution in [3.05, 3.63) is 59.4 Å². The number of nitrogens with one attached hydrogen (secondary N) is 1. The molecule has 1 atom stereocenters. The van der Waals surface area contributed by atoms with Gasteiger partial charge in [0.2, 0.25) is 0 Å². The van der Waals surface area contributed by atoms with Crippen molar-refractivity contribution in [1.29, 1.82) is 0 Å². The van der Waals surface area contributed by atoms with Crippen LogP contribution in [0.4, 0.5) is 10.1 Å². The summed E-state index contributed by atoms with van der Waals surface area (Å²) in [6.45, 7) is 2.66. The zero-order valence-electron chi connectivity index (χ0n) is 17.6. The quantitative estimate of drug-likeness (QED) is 0.708. The van der Waals surface area contributed by atoms with E-state index in [1.54, 1.807) is 24.3 Å². The van der Waals surface area contributed by atoms with Crippen molar-refractivity contribution in [3.8, 4) is 5.75 Å². The van der Waals surface area contributed by atoms with Gasteiger partial charge in [-0.05, 0) is 55.5 Å². The topological polar surface area (TPSA) is 71.0 Å². The summed E-state index contributed by atoms with van der Waals surface area (Å²) >= 11 is 0. The van der Waals surface area contributed by atoms with Crippen LogP contribution in [0.3, 0.4) is 0 Å². The van der Waals surface area contributed by atoms with Gasteiger partial charge in [-0.2, -0.15) is 0 Å². The molecule has 4 rings (SSSR count). The fourth-order valence-corrected chi connectivity index (χ4v) is 4.04. The van der Waals surface area contributed by atoms with Crippen LogP contribution < -0.4 is 15.0 Å². The molecule has 2 aromatic carbocycles. The molecule has 0 aliphatic carbocycles. The van der Waals surface area contributed by atoms with Crippen LogP contribution in [0.25, 0.3) is 0 Å². The van der Waals surface area contributed by atoms with Gasteiger partial charge < -0.3 is 24.8 Å². The first-order valence-electron chi connectivity index (χ1n) is 10.9. The van der Waals surface area contributed by atoms with E-state index in [0.717, 1.165) is 19.4 Å². The van der Waals surface area contributed by atoms with Gasteiger partial charge in [-0.15, -0.1) is 0 Å². The Hall–Kier alpha value is -2.64. The van der Waals surface area contributed by atoms with Crippen LogP contribution in [0.5, 0.6) is 5.75 Å². The van der Waals surface area contributed by atoms with Crippen molar-refractivity contribution in [3.63, 3.8) is 0 Å². The number of ether oxygens (including phenoxy) is 2. The highest BCUT2D eigenvalue weighted by atomic mass is 19.1. The SMILES string of the molecule is O=C(NCc1ccc(N2CCC(O)CC2)c(F)c1)c1ccccc1OCC1CCCO1. The first-order valence-corrected chi connectivity index (χ1v) is 10.9. The summed E-state index contributed by atoms with van der Waals surface area (Å²) in [6.07, 6.45) is 3.06. The Morgan fingerprint density at radius 1 is 1.19 bits per heavy atom. The third-order valence-electron chi connectivity index (χ3n) is 5.85. The summed E-state index contributed by atoms with van der Waals surface area (Å²) in [6, 6.07) is 12.1. The van der Waals surface area contributed by atoms with Crippen LogP contribution in [-0.2, 0) is 11.3 Å². The Balaban J connectivity index is 1.35. The summed E-state index contributed by atoms with van der Waals surface area (Å²) in [5.74, 6) is -0.0646. The van der Waals surface area contributed by atoms with E-state index >= 15 is 0 Å². The lowest BCUT2D eigenvalue weighted by Crippen LogP contribution is -2.36. The van der Waals surface area contributed by atoms with E-state index in [1.165, 1.54) is 6.07 Å². The van der Waals surface area contributed by atoms with Crippen molar-refractivity contribution in [2.75, 3.05) is 31.2 Å². The molecule has 31 heavy (non-hydrogen) atoms. The number of hydrogen-bond donors (Lipinski definition) is 2. The average molecular weight is 429 g/mol. The molecule has 2 fully saturated rings. The average Bonchev–Trinajstić information content (AvgIpc) is 3.31. The Kier molecular flexibility index (Phi) is 7.04. The molecule has 1 unspecified atom stereocenters. The number of para-hydroxylation sites is 1. The molecule has 1 amide bonds. The van der Waals surface area contributed by atoms with Gasteiger partial charge in [-0.1, -0.05) is 18.2 Å². The molecule has 2 aromatic rings. The minimum atomic E-state index is -0.316. The molecule has 2 aliphatic rings. The van der Waals surface area contributed by atoms with E-state index in [2.05, 4.69) is 5.32 Å². The first-order chi connectivity index (χ1) is 15.1. The molecule has 0 saturated carbocycles. The lowest BCUT2D eigenvalue weighted by Gasteiger charge is -2.31. The Morgan fingerprint density at radius 2 is 2.00 bits per heavy atom. The largest absolute Gasteiger partial charge is 0.490 e. The second-order valence-electron chi connectivity index (χ2n) is 8.13. The van der Waals surface area contributed by atoms with Crippen molar-refractivity contribution in [2.24, 2.45) is 0 Å². The molecule has 0 radical (unpaired) electrons. The highest BCUT2D eigenvalue weighted by Crippen LogP contribution is 2.25. The van der Waals surface area contributed by atoms with E-state index in [9.17, 15) is 14.3 Å². The fraction of sp³-hybridized carbons (Fsp3) is 0.458. The second-order valence-corrected chi connectivity index (χ2v) is 8.13. The van der Waals surface area contributed by atoms with Gasteiger partial charge >= 0.3 is 0 Å². The van der Waals surface area contributed by atoms with Gasteiger partial charge in [0, 0.05) is 26.2 Å². The van der Waals surface area contributed by atoms with Gasteiger partial charge in [0.05, 0.1) is 23.5 Å². The van der Waals surface area contributed by atoms with Crippen LogP contribution >= 0.6 is 0 Å². The van der Waals surface area contributed by atoms with Crippen LogP contribution in [0.2, 0.25) is 0 Å². The third-order valence-corrected chi connectivity index (χ3v) is 5.85. The molecular formula is C24H29FN2O4. The van der Waals surface area contributed by atoms with E-state index < -0.39 is 0 Å². The molecule has 2 saturated heterocycles. The lowest BCUT2D eigenvalue weighted by atomic mass is 10.1. The Bertz CT molecular complexity index is 893. The van der Waals surface area contributed by atoms with Gasteiger partial charge in [0.25, 0.3) is 5.91 Å². The molecule has 166 valence electrons. The molecule has 7 heteroatoms. The number of nitrogens with zero attached hydrogens (tertiary/aromatic N) is 1. The number of benzene rings is 2. The maximum Gasteiger partial charge on any atom is 0.255 e. The number of rotatable bonds is 7. The number of aliphatic hydroxyl groups excluding tert-OH is 1. The van der Waals surface area contributed by atoms with Crippen LogP contribution in [0, 0.1) is 5.82 Å². The van der Waals surface area contributed by atoms with Crippen LogP contribution in [0.15, 0.2) is 42.5 Å². The number of hydrogen-bond acceptors (Lipinski definition) is 5. The summed E-state index contributed by atoms with van der Waals surface area (Å²) < 4.78 is 26.1. The van der Waals surface area contributed by atoms with Crippen molar-refractivity contribution >= 4 is 11.6 Å². The van der Waals surface area contributed by atoms with E-state index in [0.29, 0.717) is 55.1 Å². The predicted molar refractivity (Wildman–Crippen MR) is 116 cm³/mol. The maximum atomic E-state index is 14.6. The van der Waals surface area contributed by atoms with Crippen molar-refractivity contribution in [2.45, 2.75) is 44.4 Å². The van der Waals surface area contributed by atoms with Crippen LogP contribution in [-0.4, -0.2) is 49.5 Å². The molecule has 0 bridgehead atoms. The minimum absolute atomic E-state index is 0.0702. The Labute approximate surface area is 182 Å². The highest BCUT2D eigenvalue weighted by Gasteiger charge is 2.20. The molecule has 0 spiro atoms. The standard InChI is InChI=1S/C24H29FN2O4/c25-21-14-17(7-8-22(21)27-11-9-18(28)10-12-27)15-26-24(29)20-5-1-2-6-23(20)31-16-19-4-3-13-30-19/h1-2,5-8,14,18-19,28H,3-4,9-13,15-16H2,(H,26,29). The van der Waals surface area contributed by atoms with E-state index in [4.69, 9.17) is 9.47 Å². The highest BCUT2D eigenvalue weighted by molar-refractivity contribution is 5.96. The van der Waals surface area contributed by atoms with E-state index in [-0.39, 0.29) is 30.5 Å². The van der Waals surface area contributed by atoms with Gasteiger partial charge in [0.15, 0.2) is 0 Å². The normalized spacial score (nSPS) is 19.4. The third kappa shape index (κ3) is 5.54. The molecule has 6 nitrogen and oxygen atoms in total. The molecule has 0 aromatic heterocycles. The fourth-order valence-electron chi connectivity index (χ4n) is 4.04. The maximum absolute atomic E-state index is 14.6. The molecular weight excluding hydrogens is 399 g/mol. The second kappa shape index (κ2) is 10.1. The summed E-state index contributed by atoms with van der Waals surface area (Å²) in [5.41, 5.74) is 1.67. The zero-order valence-corrected chi connectivity index (χ0v) is 17.6. The first kappa shape index (κ1) is 21.6. The number of aliphatic hydroxyl groups is 1. The Morgan fingerprint density at radius 3 is 2.74 bits per heavy atom. The summed E-state index contributed by atoms with van der Waals surface area (Å²) in [4.78, 5) is 14.7. The zero-order chi connectivity index (χ0) is 21.6. The number of amides is 1. The van der Waals surface area contributed by atoms with Crippen molar-refractivity contribution in [1.82, 2.24) is 5.32 Å². The summed E-state index contributed by atoms with van der Waals surface area (Å²) in [5, 5.41) is 12.5. The predicted octanol–water partition coefficient (Wildman–Crippen LogP) is 3.27. The molecule has 2 N–H and O–H groups in total. The van der Waals surface area contributed by atoms with E-state index in [1.807, 2.05) is 17.0 Å². The number of carbonyl (C=O) groups is 1. The monoisotopic (exact) mass is 428 g/mol. The van der Waals surface area contributed by atoms with Gasteiger partial charge in [-0.25, -0.2) is 4.39 Å². The molecule has 2 aliphatic heterocycles. The van der Waals surface area contributed by atoms with Gasteiger partial charge in [0.1, 0.15) is 18.2 Å².